The Morgan fingerprint density at radius 3 is 2.90 bits per heavy atom. The Morgan fingerprint density at radius 2 is 2.10 bits per heavy atom. The number of nitrogens with one attached hydrogen (secondary N) is 1. The van der Waals surface area contributed by atoms with Gasteiger partial charge in [-0.2, -0.15) is 5.10 Å². The SMILES string of the molecule is Cc1ccccc1NC(=O)Cn1cc2c(n1)CCCC2. The van der Waals surface area contributed by atoms with Crippen LogP contribution in [0, 0.1) is 6.92 Å². The van der Waals surface area contributed by atoms with E-state index in [0.717, 1.165) is 24.1 Å². The molecule has 1 aromatic heterocycles. The fourth-order valence-electron chi connectivity index (χ4n) is 2.66. The molecule has 1 N–H and O–H groups in total. The molecule has 0 saturated heterocycles. The third kappa shape index (κ3) is 2.74. The average Bonchev–Trinajstić information content (AvgIpc) is 2.83. The molecule has 1 aliphatic rings. The highest BCUT2D eigenvalue weighted by Gasteiger charge is 2.14. The number of carbonyl (C=O) groups excluding carboxylic acids is 1. The molecule has 3 rings (SSSR count). The van der Waals surface area contributed by atoms with Crippen LogP contribution in [0.3, 0.4) is 0 Å². The Bertz CT molecular complexity index is 607. The summed E-state index contributed by atoms with van der Waals surface area (Å²) in [7, 11) is 0. The third-order valence-electron chi connectivity index (χ3n) is 3.76. The summed E-state index contributed by atoms with van der Waals surface area (Å²) in [4.78, 5) is 12.1. The topological polar surface area (TPSA) is 46.9 Å². The lowest BCUT2D eigenvalue weighted by atomic mass is 9.99. The molecule has 0 atom stereocenters. The van der Waals surface area contributed by atoms with Gasteiger partial charge in [-0.25, -0.2) is 0 Å². The van der Waals surface area contributed by atoms with Crippen molar-refractivity contribution in [3.63, 3.8) is 0 Å². The first-order valence-electron chi connectivity index (χ1n) is 7.13. The van der Waals surface area contributed by atoms with Gasteiger partial charge >= 0.3 is 0 Å². The highest BCUT2D eigenvalue weighted by Crippen LogP contribution is 2.19. The molecule has 0 spiro atoms. The van der Waals surface area contributed by atoms with Gasteiger partial charge in [-0.3, -0.25) is 9.48 Å². The molecule has 1 heterocycles. The van der Waals surface area contributed by atoms with Gasteiger partial charge in [0, 0.05) is 11.9 Å². The first-order valence-corrected chi connectivity index (χ1v) is 7.13. The van der Waals surface area contributed by atoms with Gasteiger partial charge in [-0.15, -0.1) is 0 Å². The quantitative estimate of drug-likeness (QED) is 0.931. The van der Waals surface area contributed by atoms with E-state index in [9.17, 15) is 4.79 Å². The molecule has 1 amide bonds. The van der Waals surface area contributed by atoms with Crippen molar-refractivity contribution in [3.8, 4) is 0 Å². The van der Waals surface area contributed by atoms with E-state index in [4.69, 9.17) is 0 Å². The number of benzene rings is 1. The molecule has 1 aliphatic carbocycles. The van der Waals surface area contributed by atoms with E-state index < -0.39 is 0 Å². The Balaban J connectivity index is 1.67. The number of carbonyl (C=O) groups is 1. The van der Waals surface area contributed by atoms with E-state index in [1.165, 1.54) is 24.1 Å². The highest BCUT2D eigenvalue weighted by molar-refractivity contribution is 5.91. The Morgan fingerprint density at radius 1 is 1.30 bits per heavy atom. The lowest BCUT2D eigenvalue weighted by molar-refractivity contribution is -0.116. The number of hydrogen-bond acceptors (Lipinski definition) is 2. The molecule has 0 radical (unpaired) electrons. The summed E-state index contributed by atoms with van der Waals surface area (Å²) < 4.78 is 1.77. The van der Waals surface area contributed by atoms with Gasteiger partial charge in [0.05, 0.1) is 5.69 Å². The molecule has 0 fully saturated rings. The molecular formula is C16H19N3O. The molecular weight excluding hydrogens is 250 g/mol. The zero-order chi connectivity index (χ0) is 13.9. The molecule has 0 saturated carbocycles. The maximum absolute atomic E-state index is 12.1. The first-order chi connectivity index (χ1) is 9.72. The van der Waals surface area contributed by atoms with Crippen LogP contribution in [-0.4, -0.2) is 15.7 Å². The number of aromatic nitrogens is 2. The van der Waals surface area contributed by atoms with E-state index in [1.807, 2.05) is 37.4 Å². The number of nitrogens with zero attached hydrogens (tertiary/aromatic N) is 2. The van der Waals surface area contributed by atoms with Crippen LogP contribution in [0.1, 0.15) is 29.7 Å². The number of anilines is 1. The van der Waals surface area contributed by atoms with Crippen LogP contribution in [0.4, 0.5) is 5.69 Å². The van der Waals surface area contributed by atoms with Crippen molar-refractivity contribution in [2.75, 3.05) is 5.32 Å². The molecule has 104 valence electrons. The van der Waals surface area contributed by atoms with Crippen LogP contribution >= 0.6 is 0 Å². The molecule has 2 aromatic rings. The zero-order valence-electron chi connectivity index (χ0n) is 11.7. The van der Waals surface area contributed by atoms with Crippen molar-refractivity contribution in [2.24, 2.45) is 0 Å². The van der Waals surface area contributed by atoms with Crippen LogP contribution in [0.25, 0.3) is 0 Å². The lowest BCUT2D eigenvalue weighted by Gasteiger charge is -2.08. The van der Waals surface area contributed by atoms with Crippen LogP contribution in [-0.2, 0) is 24.2 Å². The standard InChI is InChI=1S/C16H19N3O/c1-12-6-2-4-8-14(12)17-16(20)11-19-10-13-7-3-5-9-15(13)18-19/h2,4,6,8,10H,3,5,7,9,11H2,1H3,(H,17,20). The number of para-hydroxylation sites is 1. The third-order valence-corrected chi connectivity index (χ3v) is 3.76. The lowest BCUT2D eigenvalue weighted by Crippen LogP contribution is -2.19. The van der Waals surface area contributed by atoms with Crippen LogP contribution < -0.4 is 5.32 Å². The highest BCUT2D eigenvalue weighted by atomic mass is 16.2. The Kier molecular flexibility index (Phi) is 3.54. The number of fused-ring (bicyclic) bond motifs is 1. The Hall–Kier alpha value is -2.10. The van der Waals surface area contributed by atoms with Crippen molar-refractivity contribution >= 4 is 11.6 Å². The normalized spacial score (nSPS) is 13.8. The van der Waals surface area contributed by atoms with Crippen LogP contribution in [0.5, 0.6) is 0 Å². The first kappa shape index (κ1) is 12.9. The summed E-state index contributed by atoms with van der Waals surface area (Å²) in [5.74, 6) is -0.0286. The van der Waals surface area contributed by atoms with Crippen molar-refractivity contribution in [3.05, 3.63) is 47.3 Å². The maximum Gasteiger partial charge on any atom is 0.246 e. The summed E-state index contributed by atoms with van der Waals surface area (Å²) >= 11 is 0. The van der Waals surface area contributed by atoms with Crippen LogP contribution in [0.15, 0.2) is 30.5 Å². The van der Waals surface area contributed by atoms with E-state index in [2.05, 4.69) is 10.4 Å². The fourth-order valence-corrected chi connectivity index (χ4v) is 2.66. The molecule has 0 bridgehead atoms. The summed E-state index contributed by atoms with van der Waals surface area (Å²) in [5.41, 5.74) is 4.41. The van der Waals surface area contributed by atoms with Gasteiger partial charge in [0.15, 0.2) is 0 Å². The number of rotatable bonds is 3. The number of amides is 1. The number of hydrogen-bond donors (Lipinski definition) is 1. The van der Waals surface area contributed by atoms with Crippen molar-refractivity contribution in [1.82, 2.24) is 9.78 Å². The molecule has 1 aromatic carbocycles. The van der Waals surface area contributed by atoms with Crippen molar-refractivity contribution in [2.45, 2.75) is 39.2 Å². The molecule has 4 heteroatoms. The van der Waals surface area contributed by atoms with E-state index in [0.29, 0.717) is 0 Å². The molecule has 4 nitrogen and oxygen atoms in total. The van der Waals surface area contributed by atoms with Gasteiger partial charge in [0.2, 0.25) is 5.91 Å². The Labute approximate surface area is 118 Å². The number of aryl methyl sites for hydroxylation is 3. The largest absolute Gasteiger partial charge is 0.324 e. The predicted octanol–water partition coefficient (Wildman–Crippen LogP) is 2.71. The second kappa shape index (κ2) is 5.49. The second-order valence-corrected chi connectivity index (χ2v) is 5.37. The molecule has 20 heavy (non-hydrogen) atoms. The summed E-state index contributed by atoms with van der Waals surface area (Å²) in [6.45, 7) is 2.27. The maximum atomic E-state index is 12.1. The zero-order valence-corrected chi connectivity index (χ0v) is 11.7. The minimum atomic E-state index is -0.0286. The van der Waals surface area contributed by atoms with Gasteiger partial charge in [-0.05, 0) is 49.8 Å². The van der Waals surface area contributed by atoms with Crippen molar-refractivity contribution in [1.29, 1.82) is 0 Å². The van der Waals surface area contributed by atoms with E-state index in [1.54, 1.807) is 4.68 Å². The van der Waals surface area contributed by atoms with Crippen molar-refractivity contribution < 1.29 is 4.79 Å². The summed E-state index contributed by atoms with van der Waals surface area (Å²) in [6, 6.07) is 7.80. The average molecular weight is 269 g/mol. The van der Waals surface area contributed by atoms with Gasteiger partial charge in [-0.1, -0.05) is 18.2 Å². The monoisotopic (exact) mass is 269 g/mol. The van der Waals surface area contributed by atoms with Gasteiger partial charge < -0.3 is 5.32 Å². The summed E-state index contributed by atoms with van der Waals surface area (Å²) in [5, 5.41) is 7.45. The van der Waals surface area contributed by atoms with Gasteiger partial charge in [0.1, 0.15) is 6.54 Å². The predicted molar refractivity (Wildman–Crippen MR) is 78.7 cm³/mol. The minimum Gasteiger partial charge on any atom is -0.324 e. The smallest absolute Gasteiger partial charge is 0.246 e. The molecule has 0 unspecified atom stereocenters. The second-order valence-electron chi connectivity index (χ2n) is 5.37. The fraction of sp³-hybridized carbons (Fsp3) is 0.375. The minimum absolute atomic E-state index is 0.0286. The summed E-state index contributed by atoms with van der Waals surface area (Å²) in [6.07, 6.45) is 6.59. The van der Waals surface area contributed by atoms with E-state index in [-0.39, 0.29) is 12.5 Å². The van der Waals surface area contributed by atoms with E-state index >= 15 is 0 Å². The van der Waals surface area contributed by atoms with Crippen LogP contribution in [0.2, 0.25) is 0 Å². The molecule has 0 aliphatic heterocycles. The van der Waals surface area contributed by atoms with Gasteiger partial charge in [0.25, 0.3) is 0 Å².